The Morgan fingerprint density at radius 2 is 0.674 bits per heavy atom. The Hall–Kier alpha value is -12.3. The number of fused-ring (bicyclic) bond motifs is 6. The van der Waals surface area contributed by atoms with Crippen molar-refractivity contribution in [2.45, 2.75) is 12.3 Å². The van der Waals surface area contributed by atoms with Gasteiger partial charge in [-0.2, -0.15) is 0 Å². The van der Waals surface area contributed by atoms with Crippen LogP contribution in [0.5, 0.6) is 0 Å². The van der Waals surface area contributed by atoms with Crippen molar-refractivity contribution >= 4 is 65.0 Å². The third-order valence-corrected chi connectivity index (χ3v) is 19.6. The molecule has 3 heteroatoms. The number of rotatable bonds is 12. The summed E-state index contributed by atoms with van der Waals surface area (Å²) < 4.78 is 1.92. The standard InChI is InChI=1S/C92H61N3/c1-9-28-60(29-10-1)71-54-72(61-30-11-2-12-31-61)56-73(55-71)70-44-25-45-74(57-70)95-59-81(93-94-95)64-52-50-63(51-53-64)79-58-80(62-32-13-3-14-33-62)89-75-46-26-48-77-87(75)88-76(90(89)82(79)65-34-15-4-16-35-65)47-27-49-78(88)92-86(69-42-23-8-24-43-69)84(67-38-19-6-20-39-67)83(66-36-17-5-18-37-66)85(91(77)92)68-40-21-7-22-41-68/h1-55,57-59,73H,56H2. The number of hydrogen-bond donors (Lipinski definition) is 0. The normalized spacial score (nSPS) is 13.2. The summed E-state index contributed by atoms with van der Waals surface area (Å²) in [5.41, 5.74) is 25.6. The molecule has 16 aromatic carbocycles. The third-order valence-electron chi connectivity index (χ3n) is 19.6. The molecule has 0 N–H and O–H groups in total. The van der Waals surface area contributed by atoms with Crippen molar-refractivity contribution in [2.24, 2.45) is 0 Å². The third kappa shape index (κ3) is 9.58. The molecule has 3 nitrogen and oxygen atoms in total. The van der Waals surface area contributed by atoms with Crippen molar-refractivity contribution in [2.75, 3.05) is 0 Å². The summed E-state index contributed by atoms with van der Waals surface area (Å²) in [5, 5.41) is 22.0. The molecule has 0 fully saturated rings. The SMILES string of the molecule is C1=C(c2ccccc2)C=C(c2ccccc2)CC1c1cccc(-n2cc(-c3ccc(-c4cc(-c5ccccc5)c5c6cccc7c8c(-c9ccccc9)c(-c9ccccc9)c(-c9ccccc9)c(-c9ccccc9)c8c8cccc(c5c4-c4ccccc4)c8c67)cc3)nn2)c1. The van der Waals surface area contributed by atoms with Gasteiger partial charge in [0, 0.05) is 11.5 Å². The van der Waals surface area contributed by atoms with Gasteiger partial charge in [0.1, 0.15) is 5.69 Å². The lowest BCUT2D eigenvalue weighted by Crippen LogP contribution is -2.05. The zero-order valence-electron chi connectivity index (χ0n) is 52.1. The predicted octanol–water partition coefficient (Wildman–Crippen LogP) is 24.5. The molecule has 1 atom stereocenters. The average molecular weight is 1210 g/mol. The Morgan fingerprint density at radius 3 is 1.17 bits per heavy atom. The zero-order chi connectivity index (χ0) is 62.8. The average Bonchev–Trinajstić information content (AvgIpc) is 0.825. The molecule has 0 bridgehead atoms. The highest BCUT2D eigenvalue weighted by Gasteiger charge is 2.31. The van der Waals surface area contributed by atoms with E-state index in [-0.39, 0.29) is 5.92 Å². The molecule has 0 aliphatic heterocycles. The Bertz CT molecular complexity index is 5790. The maximum atomic E-state index is 4.85. The molecular weight excluding hydrogens is 1150 g/mol. The van der Waals surface area contributed by atoms with E-state index in [0.717, 1.165) is 45.6 Å². The van der Waals surface area contributed by atoms with Gasteiger partial charge in [-0.25, -0.2) is 4.68 Å². The lowest BCUT2D eigenvalue weighted by atomic mass is 9.74. The molecule has 0 saturated carbocycles. The summed E-state index contributed by atoms with van der Waals surface area (Å²) in [6, 6.07) is 123. The Kier molecular flexibility index (Phi) is 13.7. The summed E-state index contributed by atoms with van der Waals surface area (Å²) in [6.45, 7) is 0. The summed E-state index contributed by atoms with van der Waals surface area (Å²) >= 11 is 0. The molecule has 444 valence electrons. The molecule has 17 aromatic rings. The van der Waals surface area contributed by atoms with Gasteiger partial charge >= 0.3 is 0 Å². The van der Waals surface area contributed by atoms with Gasteiger partial charge in [-0.3, -0.25) is 0 Å². The van der Waals surface area contributed by atoms with Gasteiger partial charge in [0.15, 0.2) is 0 Å². The van der Waals surface area contributed by atoms with Crippen molar-refractivity contribution in [1.82, 2.24) is 15.0 Å². The van der Waals surface area contributed by atoms with E-state index in [0.29, 0.717) is 0 Å². The number of nitrogens with zero attached hydrogens (tertiary/aromatic N) is 3. The number of allylic oxidation sites excluding steroid dienone is 4. The topological polar surface area (TPSA) is 30.7 Å². The van der Waals surface area contributed by atoms with Crippen molar-refractivity contribution in [3.63, 3.8) is 0 Å². The molecule has 1 aromatic heterocycles. The monoisotopic (exact) mass is 1210 g/mol. The Labute approximate surface area is 552 Å². The molecule has 1 aliphatic carbocycles. The minimum absolute atomic E-state index is 0.173. The van der Waals surface area contributed by atoms with Crippen LogP contribution in [0, 0.1) is 0 Å². The fraction of sp³-hybridized carbons (Fsp3) is 0.0217. The van der Waals surface area contributed by atoms with Crippen LogP contribution in [0.3, 0.4) is 0 Å². The van der Waals surface area contributed by atoms with Crippen LogP contribution in [-0.2, 0) is 0 Å². The second kappa shape index (κ2) is 23.4. The molecular formula is C92H61N3. The maximum Gasteiger partial charge on any atom is 0.113 e. The maximum absolute atomic E-state index is 4.85. The van der Waals surface area contributed by atoms with Crippen LogP contribution in [0.25, 0.3) is 160 Å². The molecule has 0 saturated heterocycles. The largest absolute Gasteiger partial charge is 0.220 e. The van der Waals surface area contributed by atoms with E-state index in [2.05, 4.69) is 352 Å². The van der Waals surface area contributed by atoms with Crippen LogP contribution in [0.15, 0.2) is 352 Å². The van der Waals surface area contributed by atoms with Crippen LogP contribution >= 0.6 is 0 Å². The minimum atomic E-state index is 0.173. The number of aromatic nitrogens is 3. The summed E-state index contributed by atoms with van der Waals surface area (Å²) in [6.07, 6.45) is 7.76. The number of benzene rings is 16. The molecule has 18 rings (SSSR count). The summed E-state index contributed by atoms with van der Waals surface area (Å²) in [5.74, 6) is 0.173. The lowest BCUT2D eigenvalue weighted by Gasteiger charge is -2.28. The minimum Gasteiger partial charge on any atom is -0.220 e. The van der Waals surface area contributed by atoms with E-state index in [4.69, 9.17) is 10.3 Å². The summed E-state index contributed by atoms with van der Waals surface area (Å²) in [7, 11) is 0. The lowest BCUT2D eigenvalue weighted by molar-refractivity contribution is 0.797. The first-order valence-electron chi connectivity index (χ1n) is 32.9. The van der Waals surface area contributed by atoms with E-state index >= 15 is 0 Å². The van der Waals surface area contributed by atoms with E-state index in [1.54, 1.807) is 0 Å². The van der Waals surface area contributed by atoms with Crippen molar-refractivity contribution in [3.05, 3.63) is 369 Å². The van der Waals surface area contributed by atoms with Gasteiger partial charge in [-0.1, -0.05) is 333 Å². The first-order chi connectivity index (χ1) is 47.2. The van der Waals surface area contributed by atoms with E-state index in [9.17, 15) is 0 Å². The fourth-order valence-corrected chi connectivity index (χ4v) is 15.5. The Morgan fingerprint density at radius 1 is 0.284 bits per heavy atom. The highest BCUT2D eigenvalue weighted by atomic mass is 15.4. The van der Waals surface area contributed by atoms with Crippen LogP contribution in [0.1, 0.15) is 29.0 Å². The van der Waals surface area contributed by atoms with E-state index in [1.165, 1.54) is 137 Å². The van der Waals surface area contributed by atoms with Gasteiger partial charge in [0.2, 0.25) is 0 Å². The molecule has 0 radical (unpaired) electrons. The smallest absolute Gasteiger partial charge is 0.113 e. The molecule has 0 spiro atoms. The predicted molar refractivity (Wildman–Crippen MR) is 400 cm³/mol. The van der Waals surface area contributed by atoms with Crippen molar-refractivity contribution in [3.8, 4) is 94.8 Å². The van der Waals surface area contributed by atoms with Gasteiger partial charge in [-0.05, 0) is 184 Å². The second-order valence-electron chi connectivity index (χ2n) is 25.1. The van der Waals surface area contributed by atoms with Crippen LogP contribution in [0.2, 0.25) is 0 Å². The quantitative estimate of drug-likeness (QED) is 0.0902. The first kappa shape index (κ1) is 55.5. The molecule has 1 heterocycles. The molecule has 1 aliphatic rings. The number of hydrogen-bond acceptors (Lipinski definition) is 2. The van der Waals surface area contributed by atoms with E-state index in [1.807, 2.05) is 4.68 Å². The molecule has 0 amide bonds. The summed E-state index contributed by atoms with van der Waals surface area (Å²) in [4.78, 5) is 0. The highest BCUT2D eigenvalue weighted by molar-refractivity contribution is 6.46. The molecule has 1 unspecified atom stereocenters. The van der Waals surface area contributed by atoms with Crippen LogP contribution in [-0.4, -0.2) is 15.0 Å². The van der Waals surface area contributed by atoms with Gasteiger partial charge in [-0.15, -0.1) is 5.10 Å². The van der Waals surface area contributed by atoms with Crippen molar-refractivity contribution < 1.29 is 0 Å². The van der Waals surface area contributed by atoms with Crippen LogP contribution < -0.4 is 0 Å². The van der Waals surface area contributed by atoms with Gasteiger partial charge in [0.25, 0.3) is 0 Å². The van der Waals surface area contributed by atoms with Crippen molar-refractivity contribution in [1.29, 1.82) is 0 Å². The highest BCUT2D eigenvalue weighted by Crippen LogP contribution is 2.58. The fourth-order valence-electron chi connectivity index (χ4n) is 15.5. The second-order valence-corrected chi connectivity index (χ2v) is 25.1. The first-order valence-corrected chi connectivity index (χ1v) is 32.9. The zero-order valence-corrected chi connectivity index (χ0v) is 52.1. The van der Waals surface area contributed by atoms with Crippen LogP contribution in [0.4, 0.5) is 0 Å². The Balaban J connectivity index is 0.855. The van der Waals surface area contributed by atoms with Gasteiger partial charge < -0.3 is 0 Å². The van der Waals surface area contributed by atoms with E-state index < -0.39 is 0 Å². The van der Waals surface area contributed by atoms with Gasteiger partial charge in [0.05, 0.1) is 11.9 Å². The molecule has 95 heavy (non-hydrogen) atoms.